The highest BCUT2D eigenvalue weighted by atomic mass is 35.5. The summed E-state index contributed by atoms with van der Waals surface area (Å²) in [6.07, 6.45) is 0.0970. The molecule has 2 aromatic rings. The van der Waals surface area contributed by atoms with Crippen LogP contribution in [0, 0.1) is 11.8 Å². The molecule has 6 rings (SSSR count). The number of hydrogen-bond acceptors (Lipinski definition) is 4. The molecule has 3 heterocycles. The van der Waals surface area contributed by atoms with Crippen molar-refractivity contribution in [3.63, 3.8) is 0 Å². The van der Waals surface area contributed by atoms with Crippen LogP contribution in [0.2, 0.25) is 5.02 Å². The molecule has 226 valence electrons. The van der Waals surface area contributed by atoms with Gasteiger partial charge in [0, 0.05) is 30.7 Å². The second-order valence-electron chi connectivity index (χ2n) is 12.5. The Morgan fingerprint density at radius 3 is 2.52 bits per heavy atom. The van der Waals surface area contributed by atoms with Crippen molar-refractivity contribution in [2.45, 2.75) is 75.7 Å². The number of carboxylic acid groups (broad SMARTS) is 1. The molecule has 0 unspecified atom stereocenters. The van der Waals surface area contributed by atoms with E-state index in [2.05, 4.69) is 11.8 Å². The van der Waals surface area contributed by atoms with Crippen LogP contribution in [0.5, 0.6) is 0 Å². The molecule has 0 aromatic heterocycles. The van der Waals surface area contributed by atoms with Gasteiger partial charge in [-0.05, 0) is 104 Å². The average molecular weight is 605 g/mol. The zero-order valence-electron chi connectivity index (χ0n) is 23.6. The van der Waals surface area contributed by atoms with Gasteiger partial charge in [-0.2, -0.15) is 13.2 Å². The van der Waals surface area contributed by atoms with Gasteiger partial charge >= 0.3 is 12.1 Å². The van der Waals surface area contributed by atoms with Gasteiger partial charge in [0.25, 0.3) is 5.91 Å². The first kappa shape index (κ1) is 29.5. The van der Waals surface area contributed by atoms with Crippen molar-refractivity contribution in [3.05, 3.63) is 69.2 Å². The van der Waals surface area contributed by atoms with Gasteiger partial charge in [0.15, 0.2) is 0 Å². The van der Waals surface area contributed by atoms with Crippen molar-refractivity contribution >= 4 is 23.5 Å². The minimum atomic E-state index is -4.50. The highest BCUT2D eigenvalue weighted by Gasteiger charge is 2.56. The van der Waals surface area contributed by atoms with E-state index >= 15 is 0 Å². The molecule has 0 radical (unpaired) electrons. The minimum absolute atomic E-state index is 0.104. The summed E-state index contributed by atoms with van der Waals surface area (Å²) in [6, 6.07) is 9.53. The number of carbonyl (C=O) groups is 2. The normalized spacial score (nSPS) is 28.8. The van der Waals surface area contributed by atoms with E-state index in [1.807, 2.05) is 12.1 Å². The smallest absolute Gasteiger partial charge is 0.416 e. The maximum absolute atomic E-state index is 14.0. The lowest BCUT2D eigenvalue weighted by atomic mass is 9.79. The molecule has 3 aliphatic heterocycles. The highest BCUT2D eigenvalue weighted by Crippen LogP contribution is 2.49. The lowest BCUT2D eigenvalue weighted by Gasteiger charge is -2.48. The molecular formula is C32H36ClF3N2O4. The number of nitrogens with zero attached hydrogens (tertiary/aromatic N) is 2. The third kappa shape index (κ3) is 5.55. The molecule has 4 aliphatic rings. The Morgan fingerprint density at radius 2 is 1.88 bits per heavy atom. The molecule has 4 atom stereocenters. The fourth-order valence-corrected chi connectivity index (χ4v) is 7.78. The molecule has 1 aliphatic carbocycles. The number of amides is 1. The number of halogens is 4. The van der Waals surface area contributed by atoms with Gasteiger partial charge in [-0.1, -0.05) is 30.7 Å². The average Bonchev–Trinajstić information content (AvgIpc) is 3.82. The number of aromatic carboxylic acids is 1. The van der Waals surface area contributed by atoms with E-state index in [4.69, 9.17) is 16.3 Å². The van der Waals surface area contributed by atoms with E-state index in [1.54, 1.807) is 17.0 Å². The number of carbonyl (C=O) groups excluding carboxylic acids is 1. The van der Waals surface area contributed by atoms with Gasteiger partial charge in [0.05, 0.1) is 17.7 Å². The number of hydrogen-bond donors (Lipinski definition) is 1. The van der Waals surface area contributed by atoms with Crippen molar-refractivity contribution in [3.8, 4) is 0 Å². The molecule has 3 fully saturated rings. The Balaban J connectivity index is 1.11. The first-order valence-electron chi connectivity index (χ1n) is 14.9. The number of carboxylic acids is 1. The molecule has 10 heteroatoms. The zero-order chi connectivity index (χ0) is 29.8. The zero-order valence-corrected chi connectivity index (χ0v) is 24.4. The van der Waals surface area contributed by atoms with Crippen LogP contribution in [0.4, 0.5) is 13.2 Å². The number of piperidine rings is 1. The molecule has 42 heavy (non-hydrogen) atoms. The first-order chi connectivity index (χ1) is 20.0. The molecule has 2 aromatic carbocycles. The highest BCUT2D eigenvalue weighted by molar-refractivity contribution is 6.31. The predicted octanol–water partition coefficient (Wildman–Crippen LogP) is 6.40. The summed E-state index contributed by atoms with van der Waals surface area (Å²) in [7, 11) is 0. The molecule has 0 bridgehead atoms. The van der Waals surface area contributed by atoms with Crippen molar-refractivity contribution in [2.24, 2.45) is 11.8 Å². The van der Waals surface area contributed by atoms with Crippen LogP contribution in [0.25, 0.3) is 0 Å². The molecular weight excluding hydrogens is 569 g/mol. The Hall–Kier alpha value is -2.62. The van der Waals surface area contributed by atoms with Crippen LogP contribution in [-0.4, -0.2) is 64.7 Å². The minimum Gasteiger partial charge on any atom is -0.478 e. The maximum Gasteiger partial charge on any atom is 0.416 e. The number of ether oxygens (including phenoxy) is 1. The van der Waals surface area contributed by atoms with Crippen molar-refractivity contribution in [1.82, 2.24) is 9.80 Å². The summed E-state index contributed by atoms with van der Waals surface area (Å²) in [4.78, 5) is 29.6. The van der Waals surface area contributed by atoms with Gasteiger partial charge in [0.1, 0.15) is 5.60 Å². The fraction of sp³-hybridized carbons (Fsp3) is 0.562. The van der Waals surface area contributed by atoms with E-state index in [0.717, 1.165) is 56.5 Å². The third-order valence-electron chi connectivity index (χ3n) is 9.89. The van der Waals surface area contributed by atoms with Crippen molar-refractivity contribution in [1.29, 1.82) is 0 Å². The van der Waals surface area contributed by atoms with E-state index in [0.29, 0.717) is 48.6 Å². The van der Waals surface area contributed by atoms with Gasteiger partial charge in [0.2, 0.25) is 0 Å². The lowest BCUT2D eigenvalue weighted by Crippen LogP contribution is -2.59. The molecule has 0 spiro atoms. The fourth-order valence-electron chi connectivity index (χ4n) is 7.44. The largest absolute Gasteiger partial charge is 0.478 e. The number of rotatable bonds is 5. The molecule has 1 saturated carbocycles. The lowest BCUT2D eigenvalue weighted by molar-refractivity contribution is -0.177. The van der Waals surface area contributed by atoms with Crippen molar-refractivity contribution in [2.75, 3.05) is 26.2 Å². The Labute approximate surface area is 248 Å². The summed E-state index contributed by atoms with van der Waals surface area (Å²) in [5, 5.41) is 9.50. The summed E-state index contributed by atoms with van der Waals surface area (Å²) >= 11 is 6.22. The van der Waals surface area contributed by atoms with Crippen LogP contribution in [0.1, 0.15) is 77.6 Å². The summed E-state index contributed by atoms with van der Waals surface area (Å²) in [5.41, 5.74) is 0.811. The van der Waals surface area contributed by atoms with Crippen LogP contribution in [-0.2, 0) is 28.7 Å². The molecule has 1 N–H and O–H groups in total. The Kier molecular flexibility index (Phi) is 7.81. The van der Waals surface area contributed by atoms with Crippen molar-refractivity contribution < 1.29 is 32.6 Å². The maximum atomic E-state index is 14.0. The number of fused-ring (bicyclic) bond motifs is 1. The van der Waals surface area contributed by atoms with Gasteiger partial charge in [-0.25, -0.2) is 4.79 Å². The standard InChI is InChI=1S/C32H36ClF3N2O4/c1-19-16-37(11-8-26(19)20-3-2-4-21(13-20)29(39)40)25-7-10-31(42-18-25,23-5-6-23)30(41)38-12-9-27-22(17-38)14-24(15-28(27)33)32(34,35)36/h2-4,13-15,19,23,25-26H,5-12,16-18H2,1H3,(H,39,40)/t19-,25+,26-,31-/m0/s1. The molecule has 6 nitrogen and oxygen atoms in total. The van der Waals surface area contributed by atoms with Crippen LogP contribution in [0.3, 0.4) is 0 Å². The number of benzene rings is 2. The van der Waals surface area contributed by atoms with E-state index in [9.17, 15) is 27.9 Å². The van der Waals surface area contributed by atoms with E-state index < -0.39 is 23.3 Å². The SMILES string of the molecule is C[C@H]1CN([C@@H]2CC[C@@](C(=O)N3CCc4c(Cl)cc(C(F)(F)F)cc4C3)(C3CC3)OC2)CC[C@@H]1c1cccc(C(=O)O)c1. The number of alkyl halides is 3. The second kappa shape index (κ2) is 11.1. The molecule has 2 saturated heterocycles. The second-order valence-corrected chi connectivity index (χ2v) is 12.9. The Morgan fingerprint density at radius 1 is 1.10 bits per heavy atom. The monoisotopic (exact) mass is 604 g/mol. The molecule has 1 amide bonds. The summed E-state index contributed by atoms with van der Waals surface area (Å²) < 4.78 is 46.9. The topological polar surface area (TPSA) is 70.1 Å². The quantitative estimate of drug-likeness (QED) is 0.428. The van der Waals surface area contributed by atoms with Gasteiger partial charge in [-0.3, -0.25) is 9.69 Å². The van der Waals surface area contributed by atoms with Crippen LogP contribution in [0.15, 0.2) is 36.4 Å². The summed E-state index contributed by atoms with van der Waals surface area (Å²) in [6.45, 7) is 4.90. The van der Waals surface area contributed by atoms with Crippen LogP contribution < -0.4 is 0 Å². The first-order valence-corrected chi connectivity index (χ1v) is 15.2. The van der Waals surface area contributed by atoms with Gasteiger partial charge in [-0.15, -0.1) is 0 Å². The Bertz CT molecular complexity index is 1370. The van der Waals surface area contributed by atoms with Gasteiger partial charge < -0.3 is 14.7 Å². The van der Waals surface area contributed by atoms with Crippen LogP contribution >= 0.6 is 11.6 Å². The van der Waals surface area contributed by atoms with E-state index in [1.165, 1.54) is 0 Å². The summed E-state index contributed by atoms with van der Waals surface area (Å²) in [5.74, 6) is -0.262. The predicted molar refractivity (Wildman–Crippen MR) is 152 cm³/mol. The number of likely N-dealkylation sites (tertiary alicyclic amines) is 1. The van der Waals surface area contributed by atoms with E-state index in [-0.39, 0.29) is 35.4 Å². The third-order valence-corrected chi connectivity index (χ3v) is 10.2.